The van der Waals surface area contributed by atoms with E-state index in [2.05, 4.69) is 0 Å². The van der Waals surface area contributed by atoms with Crippen molar-refractivity contribution in [1.29, 1.82) is 0 Å². The van der Waals surface area contributed by atoms with Crippen LogP contribution in [-0.2, 0) is 4.79 Å². The number of carbonyl (C=O) groups excluding carboxylic acids is 1. The Morgan fingerprint density at radius 3 is 2.74 bits per heavy atom. The molecule has 2 fully saturated rings. The maximum atomic E-state index is 12.5. The largest absolute Gasteiger partial charge is 0.394 e. The first-order valence-electron chi connectivity index (χ1n) is 7.86. The molecule has 0 aromatic heterocycles. The van der Waals surface area contributed by atoms with Gasteiger partial charge in [-0.2, -0.15) is 0 Å². The summed E-state index contributed by atoms with van der Waals surface area (Å²) in [6, 6.07) is 0.330. The Balaban J connectivity index is 1.89. The zero-order chi connectivity index (χ0) is 13.7. The number of amides is 1. The van der Waals surface area contributed by atoms with Crippen molar-refractivity contribution in [2.24, 2.45) is 11.7 Å². The van der Waals surface area contributed by atoms with E-state index in [0.717, 1.165) is 51.5 Å². The van der Waals surface area contributed by atoms with Crippen LogP contribution in [0.15, 0.2) is 0 Å². The van der Waals surface area contributed by atoms with Crippen molar-refractivity contribution in [3.63, 3.8) is 0 Å². The fraction of sp³-hybridized carbons (Fsp3) is 0.933. The molecule has 0 radical (unpaired) electrons. The molecule has 3 atom stereocenters. The molecule has 1 heterocycles. The van der Waals surface area contributed by atoms with E-state index >= 15 is 0 Å². The van der Waals surface area contributed by atoms with Gasteiger partial charge in [-0.1, -0.05) is 19.3 Å². The van der Waals surface area contributed by atoms with Gasteiger partial charge in [0, 0.05) is 19.0 Å². The lowest BCUT2D eigenvalue weighted by molar-refractivity contribution is -0.135. The highest BCUT2D eigenvalue weighted by Gasteiger charge is 2.28. The molecule has 0 spiro atoms. The molecule has 19 heavy (non-hydrogen) atoms. The van der Waals surface area contributed by atoms with Crippen LogP contribution in [0.2, 0.25) is 0 Å². The number of hydrogen-bond donors (Lipinski definition) is 2. The SMILES string of the molecule is NC1CCCC(CC(=O)N2CCCCCC2CO)C1. The summed E-state index contributed by atoms with van der Waals surface area (Å²) >= 11 is 0. The molecule has 0 aromatic rings. The number of nitrogens with zero attached hydrogens (tertiary/aromatic N) is 1. The second-order valence-corrected chi connectivity index (χ2v) is 6.27. The van der Waals surface area contributed by atoms with Crippen LogP contribution in [0.5, 0.6) is 0 Å². The Morgan fingerprint density at radius 1 is 1.16 bits per heavy atom. The molecular formula is C15H28N2O2. The smallest absolute Gasteiger partial charge is 0.223 e. The molecule has 1 amide bonds. The quantitative estimate of drug-likeness (QED) is 0.818. The van der Waals surface area contributed by atoms with E-state index in [1.807, 2.05) is 4.90 Å². The third kappa shape index (κ3) is 4.18. The van der Waals surface area contributed by atoms with Crippen LogP contribution in [0.4, 0.5) is 0 Å². The second kappa shape index (κ2) is 7.25. The lowest BCUT2D eigenvalue weighted by atomic mass is 9.84. The molecule has 1 saturated carbocycles. The van der Waals surface area contributed by atoms with Gasteiger partial charge in [0.1, 0.15) is 0 Å². The second-order valence-electron chi connectivity index (χ2n) is 6.27. The van der Waals surface area contributed by atoms with E-state index in [1.165, 1.54) is 6.42 Å². The van der Waals surface area contributed by atoms with Gasteiger partial charge in [-0.25, -0.2) is 0 Å². The van der Waals surface area contributed by atoms with Crippen molar-refractivity contribution in [2.45, 2.75) is 69.9 Å². The summed E-state index contributed by atoms with van der Waals surface area (Å²) in [5.74, 6) is 0.693. The maximum Gasteiger partial charge on any atom is 0.223 e. The van der Waals surface area contributed by atoms with Gasteiger partial charge >= 0.3 is 0 Å². The lowest BCUT2D eigenvalue weighted by Gasteiger charge is -2.32. The van der Waals surface area contributed by atoms with Crippen LogP contribution >= 0.6 is 0 Å². The van der Waals surface area contributed by atoms with Gasteiger partial charge in [0.05, 0.1) is 12.6 Å². The van der Waals surface area contributed by atoms with Crippen molar-refractivity contribution in [3.8, 4) is 0 Å². The molecule has 110 valence electrons. The van der Waals surface area contributed by atoms with Gasteiger partial charge in [-0.3, -0.25) is 4.79 Å². The maximum absolute atomic E-state index is 12.5. The van der Waals surface area contributed by atoms with Crippen molar-refractivity contribution in [3.05, 3.63) is 0 Å². The van der Waals surface area contributed by atoms with Gasteiger partial charge in [0.2, 0.25) is 5.91 Å². The molecule has 2 aliphatic rings. The third-order valence-corrected chi connectivity index (χ3v) is 4.69. The number of likely N-dealkylation sites (tertiary alicyclic amines) is 1. The van der Waals surface area contributed by atoms with Crippen LogP contribution in [0.25, 0.3) is 0 Å². The Hall–Kier alpha value is -0.610. The molecule has 4 heteroatoms. The predicted molar refractivity (Wildman–Crippen MR) is 75.6 cm³/mol. The van der Waals surface area contributed by atoms with E-state index in [-0.39, 0.29) is 24.6 Å². The summed E-state index contributed by atoms with van der Waals surface area (Å²) in [6.07, 6.45) is 9.34. The van der Waals surface area contributed by atoms with E-state index < -0.39 is 0 Å². The molecular weight excluding hydrogens is 240 g/mol. The summed E-state index contributed by atoms with van der Waals surface area (Å²) in [7, 11) is 0. The minimum absolute atomic E-state index is 0.0484. The molecule has 2 rings (SSSR count). The number of carbonyl (C=O) groups is 1. The fourth-order valence-corrected chi connectivity index (χ4v) is 3.58. The summed E-state index contributed by atoms with van der Waals surface area (Å²) < 4.78 is 0. The Labute approximate surface area is 116 Å². The highest BCUT2D eigenvalue weighted by atomic mass is 16.3. The Bertz CT molecular complexity index is 296. The average molecular weight is 268 g/mol. The van der Waals surface area contributed by atoms with Crippen molar-refractivity contribution in [1.82, 2.24) is 4.90 Å². The molecule has 3 unspecified atom stereocenters. The van der Waals surface area contributed by atoms with Crippen LogP contribution in [-0.4, -0.2) is 41.1 Å². The fourth-order valence-electron chi connectivity index (χ4n) is 3.58. The number of rotatable bonds is 3. The molecule has 4 nitrogen and oxygen atoms in total. The average Bonchev–Trinajstić information content (AvgIpc) is 2.63. The predicted octanol–water partition coefficient (Wildman–Crippen LogP) is 1.66. The van der Waals surface area contributed by atoms with Gasteiger partial charge in [-0.15, -0.1) is 0 Å². The minimum atomic E-state index is 0.0484. The van der Waals surface area contributed by atoms with Gasteiger partial charge in [-0.05, 0) is 38.0 Å². The Morgan fingerprint density at radius 2 is 2.00 bits per heavy atom. The first-order valence-corrected chi connectivity index (χ1v) is 7.86. The van der Waals surface area contributed by atoms with Gasteiger partial charge in [0.15, 0.2) is 0 Å². The Kier molecular flexibility index (Phi) is 5.64. The highest BCUT2D eigenvalue weighted by molar-refractivity contribution is 5.76. The van der Waals surface area contributed by atoms with Crippen LogP contribution in [0, 0.1) is 5.92 Å². The van der Waals surface area contributed by atoms with Gasteiger partial charge in [0.25, 0.3) is 0 Å². The first kappa shape index (κ1) is 14.8. The zero-order valence-corrected chi connectivity index (χ0v) is 11.9. The minimum Gasteiger partial charge on any atom is -0.394 e. The topological polar surface area (TPSA) is 66.6 Å². The number of nitrogens with two attached hydrogens (primary N) is 1. The summed E-state index contributed by atoms with van der Waals surface area (Å²) in [6.45, 7) is 0.929. The third-order valence-electron chi connectivity index (χ3n) is 4.69. The van der Waals surface area contributed by atoms with Crippen LogP contribution < -0.4 is 5.73 Å². The molecule has 1 aliphatic heterocycles. The van der Waals surface area contributed by atoms with Gasteiger partial charge < -0.3 is 15.7 Å². The van der Waals surface area contributed by atoms with E-state index in [0.29, 0.717) is 12.3 Å². The molecule has 1 aliphatic carbocycles. The summed E-state index contributed by atoms with van der Waals surface area (Å²) in [4.78, 5) is 14.4. The molecule has 0 aromatic carbocycles. The van der Waals surface area contributed by atoms with Crippen LogP contribution in [0.1, 0.15) is 57.8 Å². The molecule has 1 saturated heterocycles. The number of hydrogen-bond acceptors (Lipinski definition) is 3. The zero-order valence-electron chi connectivity index (χ0n) is 11.9. The van der Waals surface area contributed by atoms with Crippen molar-refractivity contribution in [2.75, 3.05) is 13.2 Å². The normalized spacial score (nSPS) is 32.9. The van der Waals surface area contributed by atoms with Crippen LogP contribution in [0.3, 0.4) is 0 Å². The van der Waals surface area contributed by atoms with Crippen molar-refractivity contribution < 1.29 is 9.90 Å². The highest BCUT2D eigenvalue weighted by Crippen LogP contribution is 2.27. The van der Waals surface area contributed by atoms with E-state index in [9.17, 15) is 9.90 Å². The van der Waals surface area contributed by atoms with E-state index in [4.69, 9.17) is 5.73 Å². The molecule has 3 N–H and O–H groups in total. The number of aliphatic hydroxyl groups is 1. The summed E-state index contributed by atoms with van der Waals surface area (Å²) in [5, 5.41) is 9.47. The first-order chi connectivity index (χ1) is 9.20. The standard InChI is InChI=1S/C15H28N2O2/c16-13-6-4-5-12(9-13)10-15(19)17-8-3-1-2-7-14(17)11-18/h12-14,18H,1-11,16H2. The van der Waals surface area contributed by atoms with E-state index in [1.54, 1.807) is 0 Å². The summed E-state index contributed by atoms with van der Waals surface area (Å²) in [5.41, 5.74) is 5.99. The van der Waals surface area contributed by atoms with Crippen molar-refractivity contribution >= 4 is 5.91 Å². The lowest BCUT2D eigenvalue weighted by Crippen LogP contribution is -2.43. The monoisotopic (exact) mass is 268 g/mol. The molecule has 0 bridgehead atoms. The number of aliphatic hydroxyl groups excluding tert-OH is 1.